The topological polar surface area (TPSA) is 147 Å². The summed E-state index contributed by atoms with van der Waals surface area (Å²) in [6, 6.07) is 3.58. The third kappa shape index (κ3) is 6.04. The Morgan fingerprint density at radius 1 is 1.25 bits per heavy atom. The van der Waals surface area contributed by atoms with Crippen molar-refractivity contribution in [1.29, 1.82) is 0 Å². The van der Waals surface area contributed by atoms with Crippen LogP contribution in [0.5, 0.6) is 0 Å². The summed E-state index contributed by atoms with van der Waals surface area (Å²) in [6.07, 6.45) is -4.65. The molecule has 3 aromatic rings. The Labute approximate surface area is 227 Å². The Balaban J connectivity index is 1.65. The van der Waals surface area contributed by atoms with Gasteiger partial charge in [0.2, 0.25) is 0 Å². The standard InChI is InChI=1S/C25H32F3N7O5/c1-13-19(34-40-33-13)21(36)31-17(10-39-24(4,5)25(26,27)28)20-29-15-8-7-14(9-16(15)30-20)18(11-38-6)35-12-23(2,3)32-22(35)37/h7-9,17-18H,10-12H2,1-6H3,(H,29,30)(H,31,36)(H,32,37). The van der Waals surface area contributed by atoms with Gasteiger partial charge in [0.15, 0.2) is 11.3 Å². The van der Waals surface area contributed by atoms with Gasteiger partial charge in [-0.1, -0.05) is 11.2 Å². The van der Waals surface area contributed by atoms with Crippen LogP contribution in [0.15, 0.2) is 22.8 Å². The number of rotatable bonds is 10. The lowest BCUT2D eigenvalue weighted by Crippen LogP contribution is -2.44. The second-order valence-electron chi connectivity index (χ2n) is 10.9. The molecule has 0 radical (unpaired) electrons. The van der Waals surface area contributed by atoms with Gasteiger partial charge in [-0.2, -0.15) is 13.2 Å². The highest BCUT2D eigenvalue weighted by molar-refractivity contribution is 5.93. The first-order valence-electron chi connectivity index (χ1n) is 12.5. The molecule has 3 amide bonds. The number of aromatic amines is 1. The molecule has 15 heteroatoms. The molecule has 1 fully saturated rings. The number of nitrogens with zero attached hydrogens (tertiary/aromatic N) is 4. The smallest absolute Gasteiger partial charge is 0.382 e. The average molecular weight is 568 g/mol. The van der Waals surface area contributed by atoms with Crippen LogP contribution in [-0.4, -0.2) is 81.3 Å². The molecule has 2 aromatic heterocycles. The van der Waals surface area contributed by atoms with Gasteiger partial charge >= 0.3 is 12.2 Å². The predicted molar refractivity (Wildman–Crippen MR) is 135 cm³/mol. The van der Waals surface area contributed by atoms with Crippen LogP contribution in [0.4, 0.5) is 18.0 Å². The lowest BCUT2D eigenvalue weighted by atomic mass is 10.0. The SMILES string of the molecule is COCC(c1ccc2nc(C(COC(C)(C)C(F)(F)F)NC(=O)c3nonc3C)[nH]c2c1)N1CC(C)(C)NC1=O. The van der Waals surface area contributed by atoms with Crippen molar-refractivity contribution in [2.24, 2.45) is 0 Å². The number of H-pyrrole nitrogens is 1. The van der Waals surface area contributed by atoms with Crippen molar-refractivity contribution in [3.8, 4) is 0 Å². The van der Waals surface area contributed by atoms with Crippen molar-refractivity contribution in [2.45, 2.75) is 64.0 Å². The molecule has 0 spiro atoms. The van der Waals surface area contributed by atoms with E-state index >= 15 is 0 Å². The first-order chi connectivity index (χ1) is 18.6. The second kappa shape index (κ2) is 10.7. The normalized spacial score (nSPS) is 17.2. The molecule has 40 heavy (non-hydrogen) atoms. The van der Waals surface area contributed by atoms with Crippen molar-refractivity contribution in [2.75, 3.05) is 26.9 Å². The monoisotopic (exact) mass is 567 g/mol. The third-order valence-corrected chi connectivity index (χ3v) is 6.68. The van der Waals surface area contributed by atoms with E-state index in [1.807, 2.05) is 13.8 Å². The number of urea groups is 1. The summed E-state index contributed by atoms with van der Waals surface area (Å²) in [6.45, 7) is 7.29. The van der Waals surface area contributed by atoms with Crippen molar-refractivity contribution in [3.05, 3.63) is 41.0 Å². The number of hydrogen-bond acceptors (Lipinski definition) is 8. The number of nitrogens with one attached hydrogen (secondary N) is 3. The molecule has 2 atom stereocenters. The Bertz CT molecular complexity index is 1380. The van der Waals surface area contributed by atoms with Crippen LogP contribution in [0.1, 0.15) is 67.3 Å². The van der Waals surface area contributed by atoms with Gasteiger partial charge in [-0.05, 0) is 57.5 Å². The van der Waals surface area contributed by atoms with E-state index in [1.54, 1.807) is 30.2 Å². The van der Waals surface area contributed by atoms with Crippen LogP contribution in [0.3, 0.4) is 0 Å². The van der Waals surface area contributed by atoms with Crippen molar-refractivity contribution in [3.63, 3.8) is 0 Å². The molecule has 12 nitrogen and oxygen atoms in total. The fourth-order valence-corrected chi connectivity index (χ4v) is 4.32. The number of ether oxygens (including phenoxy) is 2. The van der Waals surface area contributed by atoms with Gasteiger partial charge in [0.05, 0.1) is 35.8 Å². The summed E-state index contributed by atoms with van der Waals surface area (Å²) >= 11 is 0. The quantitative estimate of drug-likeness (QED) is 0.337. The Morgan fingerprint density at radius 3 is 2.55 bits per heavy atom. The summed E-state index contributed by atoms with van der Waals surface area (Å²) in [5.41, 5.74) is -1.01. The lowest BCUT2D eigenvalue weighted by Gasteiger charge is -2.29. The molecule has 3 N–H and O–H groups in total. The summed E-state index contributed by atoms with van der Waals surface area (Å²) in [5, 5.41) is 12.7. The molecular weight excluding hydrogens is 535 g/mol. The van der Waals surface area contributed by atoms with E-state index in [4.69, 9.17) is 9.47 Å². The molecule has 218 valence electrons. The van der Waals surface area contributed by atoms with Crippen LogP contribution in [0.25, 0.3) is 11.0 Å². The highest BCUT2D eigenvalue weighted by atomic mass is 19.4. The number of methoxy groups -OCH3 is 1. The van der Waals surface area contributed by atoms with Gasteiger partial charge in [0.1, 0.15) is 17.6 Å². The number of carbonyl (C=O) groups excluding carboxylic acids is 2. The number of imidazole rings is 1. The number of aromatic nitrogens is 4. The van der Waals surface area contributed by atoms with E-state index in [2.05, 4.69) is 35.5 Å². The zero-order valence-corrected chi connectivity index (χ0v) is 23.0. The van der Waals surface area contributed by atoms with Gasteiger partial charge in [-0.15, -0.1) is 0 Å². The third-order valence-electron chi connectivity index (χ3n) is 6.68. The maximum absolute atomic E-state index is 13.5. The molecular formula is C25H32F3N7O5. The van der Waals surface area contributed by atoms with E-state index in [0.717, 1.165) is 19.4 Å². The van der Waals surface area contributed by atoms with E-state index in [-0.39, 0.29) is 29.9 Å². The van der Waals surface area contributed by atoms with Gasteiger partial charge in [0, 0.05) is 13.7 Å². The molecule has 1 saturated heterocycles. The molecule has 2 unspecified atom stereocenters. The Kier molecular flexibility index (Phi) is 7.82. The largest absolute Gasteiger partial charge is 0.416 e. The molecule has 1 aliphatic rings. The van der Waals surface area contributed by atoms with Gasteiger partial charge in [0.25, 0.3) is 5.91 Å². The zero-order valence-electron chi connectivity index (χ0n) is 23.0. The Morgan fingerprint density at radius 2 is 1.98 bits per heavy atom. The van der Waals surface area contributed by atoms with E-state index in [0.29, 0.717) is 17.6 Å². The minimum atomic E-state index is -4.65. The fraction of sp³-hybridized carbons (Fsp3) is 0.560. The van der Waals surface area contributed by atoms with Gasteiger partial charge in [-0.25, -0.2) is 14.4 Å². The molecule has 0 saturated carbocycles. The number of halogens is 3. The highest BCUT2D eigenvalue weighted by Crippen LogP contribution is 2.34. The highest BCUT2D eigenvalue weighted by Gasteiger charge is 2.49. The second-order valence-corrected chi connectivity index (χ2v) is 10.9. The number of alkyl halides is 3. The first kappa shape index (κ1) is 29.3. The van der Waals surface area contributed by atoms with E-state index in [9.17, 15) is 22.8 Å². The lowest BCUT2D eigenvalue weighted by molar-refractivity contribution is -0.265. The molecule has 0 bridgehead atoms. The minimum absolute atomic E-state index is 0.118. The van der Waals surface area contributed by atoms with Crippen molar-refractivity contribution in [1.82, 2.24) is 35.8 Å². The maximum Gasteiger partial charge on any atom is 0.416 e. The van der Waals surface area contributed by atoms with Crippen LogP contribution in [-0.2, 0) is 9.47 Å². The fourth-order valence-electron chi connectivity index (χ4n) is 4.32. The Hall–Kier alpha value is -3.72. The van der Waals surface area contributed by atoms with Crippen LogP contribution < -0.4 is 10.6 Å². The van der Waals surface area contributed by atoms with Crippen molar-refractivity contribution >= 4 is 23.0 Å². The van der Waals surface area contributed by atoms with E-state index < -0.39 is 41.9 Å². The number of aryl methyl sites for hydroxylation is 1. The van der Waals surface area contributed by atoms with E-state index in [1.165, 1.54) is 6.92 Å². The van der Waals surface area contributed by atoms with Gasteiger partial charge in [-0.3, -0.25) is 4.79 Å². The molecule has 3 heterocycles. The van der Waals surface area contributed by atoms with Crippen LogP contribution >= 0.6 is 0 Å². The summed E-state index contributed by atoms with van der Waals surface area (Å²) in [7, 11) is 1.54. The average Bonchev–Trinajstić information content (AvgIpc) is 3.54. The van der Waals surface area contributed by atoms with Crippen molar-refractivity contribution < 1.29 is 36.9 Å². The summed E-state index contributed by atoms with van der Waals surface area (Å²) in [4.78, 5) is 34.8. The molecule has 1 aliphatic heterocycles. The first-order valence-corrected chi connectivity index (χ1v) is 12.5. The van der Waals surface area contributed by atoms with Crippen LogP contribution in [0.2, 0.25) is 0 Å². The zero-order chi connectivity index (χ0) is 29.5. The molecule has 4 rings (SSSR count). The van der Waals surface area contributed by atoms with Gasteiger partial charge < -0.3 is 30.0 Å². The van der Waals surface area contributed by atoms with Crippen LogP contribution in [0, 0.1) is 6.92 Å². The number of benzene rings is 1. The minimum Gasteiger partial charge on any atom is -0.382 e. The summed E-state index contributed by atoms with van der Waals surface area (Å²) < 4.78 is 55.6. The predicted octanol–water partition coefficient (Wildman–Crippen LogP) is 3.57. The number of carbonyl (C=O) groups is 2. The molecule has 0 aliphatic carbocycles. The number of fused-ring (bicyclic) bond motifs is 1. The summed E-state index contributed by atoms with van der Waals surface area (Å²) in [5.74, 6) is -0.558. The molecule has 1 aromatic carbocycles. The number of amides is 3. The number of hydrogen-bond donors (Lipinski definition) is 3. The maximum atomic E-state index is 13.5.